The van der Waals surface area contributed by atoms with Crippen molar-refractivity contribution >= 4 is 29.1 Å². The second-order valence-corrected chi connectivity index (χ2v) is 5.67. The number of hydrogen-bond acceptors (Lipinski definition) is 3. The molecule has 0 aliphatic carbocycles. The maximum absolute atomic E-state index is 12.1. The van der Waals surface area contributed by atoms with Gasteiger partial charge in [-0.25, -0.2) is 0 Å². The van der Waals surface area contributed by atoms with E-state index in [2.05, 4.69) is 5.32 Å². The highest BCUT2D eigenvalue weighted by atomic mass is 35.5. The number of rotatable bonds is 4. The van der Waals surface area contributed by atoms with E-state index in [1.54, 1.807) is 29.2 Å². The van der Waals surface area contributed by atoms with Gasteiger partial charge in [-0.2, -0.15) is 0 Å². The van der Waals surface area contributed by atoms with Gasteiger partial charge < -0.3 is 14.6 Å². The molecule has 0 bridgehead atoms. The fraction of sp³-hybridized carbons (Fsp3) is 0.250. The first kappa shape index (κ1) is 14.7. The molecule has 2 amide bonds. The van der Waals surface area contributed by atoms with Crippen molar-refractivity contribution in [1.82, 2.24) is 5.32 Å². The fourth-order valence-corrected chi connectivity index (χ4v) is 2.65. The summed E-state index contributed by atoms with van der Waals surface area (Å²) in [5.41, 5.74) is 0.828. The molecule has 1 aliphatic rings. The first-order chi connectivity index (χ1) is 10.6. The van der Waals surface area contributed by atoms with Crippen molar-refractivity contribution in [2.75, 3.05) is 18.0 Å². The Morgan fingerprint density at radius 3 is 2.77 bits per heavy atom. The van der Waals surface area contributed by atoms with Gasteiger partial charge in [-0.05, 0) is 36.4 Å². The number of anilines is 1. The summed E-state index contributed by atoms with van der Waals surface area (Å²) in [5, 5.41) is 3.43. The summed E-state index contributed by atoms with van der Waals surface area (Å²) >= 11 is 5.86. The summed E-state index contributed by atoms with van der Waals surface area (Å²) in [6, 6.07) is 10.4. The minimum Gasteiger partial charge on any atom is -0.459 e. The monoisotopic (exact) mass is 318 g/mol. The molecule has 1 fully saturated rings. The summed E-state index contributed by atoms with van der Waals surface area (Å²) in [7, 11) is 0. The van der Waals surface area contributed by atoms with Crippen LogP contribution in [0.3, 0.4) is 0 Å². The van der Waals surface area contributed by atoms with Gasteiger partial charge in [0.1, 0.15) is 0 Å². The molecule has 0 unspecified atom stereocenters. The second-order valence-electron chi connectivity index (χ2n) is 5.24. The summed E-state index contributed by atoms with van der Waals surface area (Å²) in [6.07, 6.45) is 1.87. The van der Waals surface area contributed by atoms with Crippen LogP contribution < -0.4 is 10.2 Å². The summed E-state index contributed by atoms with van der Waals surface area (Å²) in [4.78, 5) is 25.6. The van der Waals surface area contributed by atoms with E-state index in [1.165, 1.54) is 6.26 Å². The van der Waals surface area contributed by atoms with Crippen molar-refractivity contribution in [2.24, 2.45) is 5.92 Å². The van der Waals surface area contributed by atoms with Crippen molar-refractivity contribution in [3.63, 3.8) is 0 Å². The smallest absolute Gasteiger partial charge is 0.286 e. The summed E-state index contributed by atoms with van der Waals surface area (Å²) in [5.74, 6) is 0.155. The quantitative estimate of drug-likeness (QED) is 0.942. The van der Waals surface area contributed by atoms with Gasteiger partial charge in [0, 0.05) is 36.1 Å². The largest absolute Gasteiger partial charge is 0.459 e. The number of carbonyl (C=O) groups is 2. The Labute approximate surface area is 132 Å². The van der Waals surface area contributed by atoms with Gasteiger partial charge in [0.25, 0.3) is 5.91 Å². The van der Waals surface area contributed by atoms with E-state index < -0.39 is 0 Å². The van der Waals surface area contributed by atoms with E-state index in [0.29, 0.717) is 24.5 Å². The van der Waals surface area contributed by atoms with Crippen LogP contribution in [-0.4, -0.2) is 24.9 Å². The molecular formula is C16H15ClN2O3. The molecule has 22 heavy (non-hydrogen) atoms. The molecule has 0 spiro atoms. The van der Waals surface area contributed by atoms with Crippen LogP contribution in [0.15, 0.2) is 47.1 Å². The molecule has 0 radical (unpaired) electrons. The molecule has 3 rings (SSSR count). The number of benzene rings is 1. The van der Waals surface area contributed by atoms with Gasteiger partial charge in [0.05, 0.1) is 6.26 Å². The molecule has 1 N–H and O–H groups in total. The molecule has 0 saturated carbocycles. The van der Waals surface area contributed by atoms with E-state index in [0.717, 1.165) is 5.69 Å². The Hall–Kier alpha value is -2.27. The number of furan rings is 1. The Morgan fingerprint density at radius 2 is 2.09 bits per heavy atom. The van der Waals surface area contributed by atoms with Crippen LogP contribution in [-0.2, 0) is 4.79 Å². The molecule has 6 heteroatoms. The number of hydrogen-bond donors (Lipinski definition) is 1. The zero-order chi connectivity index (χ0) is 15.5. The standard InChI is InChI=1S/C16H15ClN2O3/c17-12-3-5-13(6-4-12)19-10-11(8-15(19)20)9-18-16(21)14-2-1-7-22-14/h1-7,11H,8-10H2,(H,18,21)/t11-/m1/s1. The summed E-state index contributed by atoms with van der Waals surface area (Å²) in [6.45, 7) is 1.02. The van der Waals surface area contributed by atoms with E-state index in [9.17, 15) is 9.59 Å². The van der Waals surface area contributed by atoms with E-state index in [-0.39, 0.29) is 23.5 Å². The molecule has 1 aromatic heterocycles. The molecule has 1 atom stereocenters. The second kappa shape index (κ2) is 6.23. The minimum absolute atomic E-state index is 0.0552. The Bertz CT molecular complexity index is 667. The number of nitrogens with zero attached hydrogens (tertiary/aromatic N) is 1. The van der Waals surface area contributed by atoms with Gasteiger partial charge in [0.2, 0.25) is 5.91 Å². The fourth-order valence-electron chi connectivity index (χ4n) is 2.52. The number of nitrogens with one attached hydrogen (secondary N) is 1. The van der Waals surface area contributed by atoms with Crippen molar-refractivity contribution in [3.05, 3.63) is 53.4 Å². The van der Waals surface area contributed by atoms with Crippen molar-refractivity contribution in [1.29, 1.82) is 0 Å². The highest BCUT2D eigenvalue weighted by Crippen LogP contribution is 2.26. The molecule has 1 saturated heterocycles. The van der Waals surface area contributed by atoms with Crippen molar-refractivity contribution in [2.45, 2.75) is 6.42 Å². The van der Waals surface area contributed by atoms with Crippen LogP contribution in [0.1, 0.15) is 17.0 Å². The molecule has 5 nitrogen and oxygen atoms in total. The predicted octanol–water partition coefficient (Wildman–Crippen LogP) is 2.72. The zero-order valence-electron chi connectivity index (χ0n) is 11.8. The minimum atomic E-state index is -0.262. The lowest BCUT2D eigenvalue weighted by molar-refractivity contribution is -0.117. The summed E-state index contributed by atoms with van der Waals surface area (Å²) < 4.78 is 5.03. The number of carbonyl (C=O) groups excluding carboxylic acids is 2. The van der Waals surface area contributed by atoms with Gasteiger partial charge in [-0.3, -0.25) is 9.59 Å². The average molecular weight is 319 g/mol. The van der Waals surface area contributed by atoms with Gasteiger partial charge in [0.15, 0.2) is 5.76 Å². The van der Waals surface area contributed by atoms with Crippen LogP contribution in [0.25, 0.3) is 0 Å². The SMILES string of the molecule is O=C(NC[C@H]1CC(=O)N(c2ccc(Cl)cc2)C1)c1ccco1. The highest BCUT2D eigenvalue weighted by molar-refractivity contribution is 6.30. The molecule has 2 heterocycles. The lowest BCUT2D eigenvalue weighted by atomic mass is 10.1. The Balaban J connectivity index is 1.58. The lowest BCUT2D eigenvalue weighted by Crippen LogP contribution is -2.31. The third-order valence-corrected chi connectivity index (χ3v) is 3.89. The molecule has 2 aromatic rings. The zero-order valence-corrected chi connectivity index (χ0v) is 12.5. The van der Waals surface area contributed by atoms with Crippen LogP contribution in [0.4, 0.5) is 5.69 Å². The van der Waals surface area contributed by atoms with Gasteiger partial charge >= 0.3 is 0 Å². The topological polar surface area (TPSA) is 62.6 Å². The van der Waals surface area contributed by atoms with Crippen molar-refractivity contribution in [3.8, 4) is 0 Å². The maximum Gasteiger partial charge on any atom is 0.286 e. The maximum atomic E-state index is 12.1. The predicted molar refractivity (Wildman–Crippen MR) is 83.0 cm³/mol. The molecule has 114 valence electrons. The first-order valence-electron chi connectivity index (χ1n) is 7.01. The lowest BCUT2D eigenvalue weighted by Gasteiger charge is -2.17. The number of amides is 2. The molecule has 1 aromatic carbocycles. The van der Waals surface area contributed by atoms with Crippen LogP contribution >= 0.6 is 11.6 Å². The number of halogens is 1. The van der Waals surface area contributed by atoms with Crippen LogP contribution in [0, 0.1) is 5.92 Å². The van der Waals surface area contributed by atoms with E-state index >= 15 is 0 Å². The third kappa shape index (κ3) is 3.14. The Morgan fingerprint density at radius 1 is 1.32 bits per heavy atom. The van der Waals surface area contributed by atoms with Crippen LogP contribution in [0.5, 0.6) is 0 Å². The third-order valence-electron chi connectivity index (χ3n) is 3.64. The van der Waals surface area contributed by atoms with Crippen molar-refractivity contribution < 1.29 is 14.0 Å². The average Bonchev–Trinajstić information content (AvgIpc) is 3.15. The first-order valence-corrected chi connectivity index (χ1v) is 7.39. The van der Waals surface area contributed by atoms with Crippen LogP contribution in [0.2, 0.25) is 5.02 Å². The normalized spacial score (nSPS) is 17.8. The molecular weight excluding hydrogens is 304 g/mol. The van der Waals surface area contributed by atoms with Gasteiger partial charge in [-0.15, -0.1) is 0 Å². The Kier molecular flexibility index (Phi) is 4.15. The van der Waals surface area contributed by atoms with Gasteiger partial charge in [-0.1, -0.05) is 11.6 Å². The molecule has 1 aliphatic heterocycles. The highest BCUT2D eigenvalue weighted by Gasteiger charge is 2.30. The van der Waals surface area contributed by atoms with E-state index in [1.807, 2.05) is 12.1 Å². The van der Waals surface area contributed by atoms with E-state index in [4.69, 9.17) is 16.0 Å².